The van der Waals surface area contributed by atoms with Gasteiger partial charge in [0.15, 0.2) is 5.78 Å². The van der Waals surface area contributed by atoms with E-state index in [0.29, 0.717) is 18.5 Å². The van der Waals surface area contributed by atoms with Crippen LogP contribution in [0.15, 0.2) is 95.9 Å². The number of anilines is 1. The van der Waals surface area contributed by atoms with Crippen LogP contribution in [0, 0.1) is 0 Å². The number of aromatic nitrogens is 1. The molecule has 3 aromatic carbocycles. The van der Waals surface area contributed by atoms with E-state index < -0.39 is 47.6 Å². The zero-order valence-corrected chi connectivity index (χ0v) is 24.7. The first kappa shape index (κ1) is 31.8. The number of hydrogen-bond donors (Lipinski definition) is 3. The molecule has 0 aliphatic heterocycles. The summed E-state index contributed by atoms with van der Waals surface area (Å²) in [6.07, 6.45) is 1.71. The summed E-state index contributed by atoms with van der Waals surface area (Å²) in [6, 6.07) is 23.2. The lowest BCUT2D eigenvalue weighted by Crippen LogP contribution is -2.49. The normalized spacial score (nSPS) is 12.4. The van der Waals surface area contributed by atoms with Crippen molar-refractivity contribution in [3.05, 3.63) is 113 Å². The highest BCUT2D eigenvalue weighted by atomic mass is 16.4. The molecule has 0 spiro atoms. The van der Waals surface area contributed by atoms with E-state index in [4.69, 9.17) is 0 Å². The van der Waals surface area contributed by atoms with E-state index in [1.54, 1.807) is 31.0 Å². The monoisotopic (exact) mass is 596 g/mol. The number of ketones is 1. The minimum Gasteiger partial charge on any atom is -0.481 e. The lowest BCUT2D eigenvalue weighted by molar-refractivity contribution is -0.140. The number of carboxylic acid groups (broad SMARTS) is 1. The number of amides is 2. The second-order valence-corrected chi connectivity index (χ2v) is 10.7. The molecular formula is C34H36N4O6. The molecule has 2 amide bonds. The first-order valence-corrected chi connectivity index (χ1v) is 14.4. The van der Waals surface area contributed by atoms with Gasteiger partial charge in [-0.3, -0.25) is 28.9 Å². The minimum absolute atomic E-state index is 0.0184. The second-order valence-electron chi connectivity index (χ2n) is 10.7. The topological polar surface area (TPSA) is 138 Å². The smallest absolute Gasteiger partial charge is 0.305 e. The predicted octanol–water partition coefficient (Wildman–Crippen LogP) is 3.91. The summed E-state index contributed by atoms with van der Waals surface area (Å²) in [5, 5.41) is 16.5. The number of rotatable bonds is 14. The van der Waals surface area contributed by atoms with E-state index in [1.165, 1.54) is 22.9 Å². The highest BCUT2D eigenvalue weighted by molar-refractivity contribution is 6.06. The van der Waals surface area contributed by atoms with E-state index >= 15 is 0 Å². The standard InChI is InChI=1S/C34H36N4O6/c1-3-29(33(43)36-28(21-31(40)41)30(39)22-37(2)19-17-23-10-5-4-6-11-23)38-18-9-14-27(34(38)44)35-32(42)26-16-15-24-12-7-8-13-25(24)20-26/h4-16,18,20,28-29H,3,17,19,21-22H2,1-2H3,(H,35,42)(H,36,43)(H,40,41)/t28-,29?/m0/s1. The summed E-state index contributed by atoms with van der Waals surface area (Å²) >= 11 is 0. The fourth-order valence-electron chi connectivity index (χ4n) is 4.99. The number of benzene rings is 3. The van der Waals surface area contributed by atoms with Crippen molar-refractivity contribution < 1.29 is 24.3 Å². The molecule has 0 aliphatic rings. The number of likely N-dealkylation sites (N-methyl/N-ethyl adjacent to an activating group) is 1. The van der Waals surface area contributed by atoms with Gasteiger partial charge in [-0.1, -0.05) is 67.6 Å². The Morgan fingerprint density at radius 3 is 2.32 bits per heavy atom. The molecule has 0 bridgehead atoms. The number of carbonyl (C=O) groups excluding carboxylic acids is 3. The molecule has 4 rings (SSSR count). The molecule has 0 aliphatic carbocycles. The molecule has 10 heteroatoms. The largest absolute Gasteiger partial charge is 0.481 e. The average molecular weight is 597 g/mol. The Bertz CT molecular complexity index is 1700. The van der Waals surface area contributed by atoms with Crippen LogP contribution in [0.1, 0.15) is 41.7 Å². The fraction of sp³-hybridized carbons (Fsp3) is 0.265. The molecule has 1 unspecified atom stereocenters. The van der Waals surface area contributed by atoms with Crippen molar-refractivity contribution in [3.8, 4) is 0 Å². The van der Waals surface area contributed by atoms with Crippen LogP contribution in [0.5, 0.6) is 0 Å². The van der Waals surface area contributed by atoms with Gasteiger partial charge in [-0.15, -0.1) is 0 Å². The number of nitrogens with one attached hydrogen (secondary N) is 2. The molecule has 0 fully saturated rings. The van der Waals surface area contributed by atoms with Gasteiger partial charge in [-0.25, -0.2) is 0 Å². The zero-order valence-electron chi connectivity index (χ0n) is 24.7. The Morgan fingerprint density at radius 1 is 0.909 bits per heavy atom. The van der Waals surface area contributed by atoms with Crippen molar-refractivity contribution in [2.75, 3.05) is 25.5 Å². The van der Waals surface area contributed by atoms with Gasteiger partial charge in [0.25, 0.3) is 11.5 Å². The van der Waals surface area contributed by atoms with Crippen molar-refractivity contribution in [3.63, 3.8) is 0 Å². The van der Waals surface area contributed by atoms with Gasteiger partial charge in [0.1, 0.15) is 11.7 Å². The van der Waals surface area contributed by atoms with Crippen LogP contribution in [0.4, 0.5) is 5.69 Å². The third-order valence-corrected chi connectivity index (χ3v) is 7.39. The molecule has 0 radical (unpaired) electrons. The highest BCUT2D eigenvalue weighted by Crippen LogP contribution is 2.17. The number of pyridine rings is 1. The van der Waals surface area contributed by atoms with Crippen molar-refractivity contribution in [1.82, 2.24) is 14.8 Å². The molecule has 44 heavy (non-hydrogen) atoms. The van der Waals surface area contributed by atoms with Crippen LogP contribution < -0.4 is 16.2 Å². The minimum atomic E-state index is -1.28. The van der Waals surface area contributed by atoms with Gasteiger partial charge in [0.2, 0.25) is 5.91 Å². The lowest BCUT2D eigenvalue weighted by atomic mass is 10.1. The van der Waals surface area contributed by atoms with Crippen LogP contribution >= 0.6 is 0 Å². The molecule has 0 saturated carbocycles. The maximum atomic E-state index is 13.4. The highest BCUT2D eigenvalue weighted by Gasteiger charge is 2.29. The number of Topliss-reactive ketones (excluding diaryl/α,β-unsaturated/α-hetero) is 1. The number of carboxylic acids is 1. The molecule has 3 N–H and O–H groups in total. The van der Waals surface area contributed by atoms with Gasteiger partial charge in [0, 0.05) is 18.3 Å². The Hall–Kier alpha value is -5.09. The summed E-state index contributed by atoms with van der Waals surface area (Å²) in [5.74, 6) is -2.83. The Morgan fingerprint density at radius 2 is 1.61 bits per heavy atom. The van der Waals surface area contributed by atoms with Gasteiger partial charge in [-0.05, 0) is 60.5 Å². The number of fused-ring (bicyclic) bond motifs is 1. The van der Waals surface area contributed by atoms with Crippen molar-refractivity contribution >= 4 is 40.0 Å². The maximum Gasteiger partial charge on any atom is 0.305 e. The first-order chi connectivity index (χ1) is 21.2. The van der Waals surface area contributed by atoms with E-state index in [0.717, 1.165) is 16.3 Å². The van der Waals surface area contributed by atoms with Crippen LogP contribution in [-0.2, 0) is 20.8 Å². The van der Waals surface area contributed by atoms with E-state index in [9.17, 15) is 29.1 Å². The molecule has 228 valence electrons. The lowest BCUT2D eigenvalue weighted by Gasteiger charge is -2.24. The zero-order chi connectivity index (χ0) is 31.6. The Kier molecular flexibility index (Phi) is 10.8. The number of carbonyl (C=O) groups is 4. The quantitative estimate of drug-likeness (QED) is 0.201. The number of aliphatic carboxylic acids is 1. The van der Waals surface area contributed by atoms with Gasteiger partial charge in [0.05, 0.1) is 19.0 Å². The van der Waals surface area contributed by atoms with Crippen LogP contribution in [0.25, 0.3) is 10.8 Å². The van der Waals surface area contributed by atoms with Crippen LogP contribution in [0.2, 0.25) is 0 Å². The first-order valence-electron chi connectivity index (χ1n) is 14.4. The molecule has 1 heterocycles. The maximum absolute atomic E-state index is 13.4. The van der Waals surface area contributed by atoms with Crippen molar-refractivity contribution in [2.45, 2.75) is 38.3 Å². The van der Waals surface area contributed by atoms with E-state index in [1.807, 2.05) is 60.7 Å². The second kappa shape index (κ2) is 14.9. The Labute approximate surface area is 255 Å². The summed E-state index contributed by atoms with van der Waals surface area (Å²) in [7, 11) is 1.76. The molecule has 1 aromatic heterocycles. The molecule has 10 nitrogen and oxygen atoms in total. The molecule has 4 aromatic rings. The van der Waals surface area contributed by atoms with Crippen LogP contribution in [-0.4, -0.2) is 64.3 Å². The van der Waals surface area contributed by atoms with E-state index in [2.05, 4.69) is 10.6 Å². The summed E-state index contributed by atoms with van der Waals surface area (Å²) < 4.78 is 1.18. The van der Waals surface area contributed by atoms with Gasteiger partial charge >= 0.3 is 5.97 Å². The van der Waals surface area contributed by atoms with Gasteiger partial charge in [-0.2, -0.15) is 0 Å². The molecule has 2 atom stereocenters. The summed E-state index contributed by atoms with van der Waals surface area (Å²) in [6.45, 7) is 2.20. The predicted molar refractivity (Wildman–Crippen MR) is 169 cm³/mol. The van der Waals surface area contributed by atoms with Crippen LogP contribution in [0.3, 0.4) is 0 Å². The SMILES string of the molecule is CCC(C(=O)N[C@@H](CC(=O)O)C(=O)CN(C)CCc1ccccc1)n1cccc(NC(=O)c2ccc3ccccc3c2)c1=O. The number of nitrogens with zero attached hydrogens (tertiary/aromatic N) is 2. The Balaban J connectivity index is 1.45. The third-order valence-electron chi connectivity index (χ3n) is 7.39. The third kappa shape index (κ3) is 8.26. The van der Waals surface area contributed by atoms with Crippen molar-refractivity contribution in [1.29, 1.82) is 0 Å². The van der Waals surface area contributed by atoms with Gasteiger partial charge < -0.3 is 20.3 Å². The van der Waals surface area contributed by atoms with Crippen molar-refractivity contribution in [2.24, 2.45) is 0 Å². The summed E-state index contributed by atoms with van der Waals surface area (Å²) in [5.41, 5.74) is 0.849. The fourth-order valence-corrected chi connectivity index (χ4v) is 4.99. The van der Waals surface area contributed by atoms with E-state index in [-0.39, 0.29) is 18.7 Å². The number of hydrogen-bond acceptors (Lipinski definition) is 6. The molecule has 0 saturated heterocycles. The average Bonchev–Trinajstić information content (AvgIpc) is 3.01. The molecular weight excluding hydrogens is 560 g/mol. The summed E-state index contributed by atoms with van der Waals surface area (Å²) in [4.78, 5) is 66.2.